The summed E-state index contributed by atoms with van der Waals surface area (Å²) in [6, 6.07) is 0. The van der Waals surface area contributed by atoms with E-state index >= 15 is 0 Å². The van der Waals surface area contributed by atoms with Crippen LogP contribution < -0.4 is 0 Å². The van der Waals surface area contributed by atoms with Crippen LogP contribution in [0.25, 0.3) is 0 Å². The monoisotopic (exact) mass is 635 g/mol. The van der Waals surface area contributed by atoms with Crippen LogP contribution in [0.5, 0.6) is 0 Å². The third-order valence-electron chi connectivity index (χ3n) is 11.1. The van der Waals surface area contributed by atoms with Gasteiger partial charge in [0.1, 0.15) is 0 Å². The number of hydrogen-bond donors (Lipinski definition) is 0. The summed E-state index contributed by atoms with van der Waals surface area (Å²) in [5.41, 5.74) is 0. The summed E-state index contributed by atoms with van der Waals surface area (Å²) in [5.74, 6) is 1.37. The Hall–Kier alpha value is -0.0400. The second-order valence-electron chi connectivity index (χ2n) is 15.5. The average Bonchev–Trinajstić information content (AvgIpc) is 3.06. The predicted octanol–water partition coefficient (Wildman–Crippen LogP) is 16.4. The fourth-order valence-corrected chi connectivity index (χ4v) is 7.16. The van der Waals surface area contributed by atoms with Crippen molar-refractivity contribution in [3.63, 3.8) is 0 Å². The number of ether oxygens (including phenoxy) is 1. The van der Waals surface area contributed by atoms with Crippen molar-refractivity contribution >= 4 is 0 Å². The minimum atomic E-state index is 0.465. The van der Waals surface area contributed by atoms with Gasteiger partial charge in [-0.1, -0.05) is 247 Å². The molecular weight excluding hydrogens is 544 g/mol. The molecule has 0 bridgehead atoms. The van der Waals surface area contributed by atoms with Gasteiger partial charge in [0.15, 0.2) is 0 Å². The first-order valence-electron chi connectivity index (χ1n) is 21.8. The molecule has 0 rings (SSSR count). The lowest BCUT2D eigenvalue weighted by Gasteiger charge is -2.32. The molecule has 0 aliphatic rings. The Morgan fingerprint density at radius 1 is 0.289 bits per heavy atom. The van der Waals surface area contributed by atoms with E-state index in [0.29, 0.717) is 24.0 Å². The predicted molar refractivity (Wildman–Crippen MR) is 207 cm³/mol. The molecule has 1 heteroatoms. The van der Waals surface area contributed by atoms with E-state index in [1.807, 2.05) is 0 Å². The minimum Gasteiger partial charge on any atom is -0.374 e. The van der Waals surface area contributed by atoms with Gasteiger partial charge < -0.3 is 4.74 Å². The average molecular weight is 635 g/mol. The number of rotatable bonds is 38. The molecule has 0 aliphatic heterocycles. The summed E-state index contributed by atoms with van der Waals surface area (Å²) < 4.78 is 6.99. The smallest absolute Gasteiger partial charge is 0.0604 e. The first kappa shape index (κ1) is 45.0. The van der Waals surface area contributed by atoms with Crippen molar-refractivity contribution < 1.29 is 4.74 Å². The number of hydrogen-bond acceptors (Lipinski definition) is 1. The molecular formula is C44H90O. The minimum absolute atomic E-state index is 0.465. The summed E-state index contributed by atoms with van der Waals surface area (Å²) in [6.07, 6.45) is 49.2. The van der Waals surface area contributed by atoms with E-state index < -0.39 is 0 Å². The zero-order chi connectivity index (χ0) is 33.1. The van der Waals surface area contributed by atoms with Crippen molar-refractivity contribution in [2.75, 3.05) is 0 Å². The van der Waals surface area contributed by atoms with Gasteiger partial charge in [0.05, 0.1) is 12.2 Å². The molecule has 0 radical (unpaired) electrons. The van der Waals surface area contributed by atoms with Gasteiger partial charge in [-0.25, -0.2) is 0 Å². The second kappa shape index (κ2) is 36.8. The highest BCUT2D eigenvalue weighted by atomic mass is 16.5. The van der Waals surface area contributed by atoms with Crippen molar-refractivity contribution in [1.82, 2.24) is 0 Å². The summed E-state index contributed by atoms with van der Waals surface area (Å²) in [5, 5.41) is 0. The van der Waals surface area contributed by atoms with Crippen LogP contribution in [-0.4, -0.2) is 12.2 Å². The van der Waals surface area contributed by atoms with Gasteiger partial charge in [0.25, 0.3) is 0 Å². The highest BCUT2D eigenvalue weighted by molar-refractivity contribution is 4.73. The molecule has 0 aromatic rings. The largest absolute Gasteiger partial charge is 0.374 e. The summed E-state index contributed by atoms with van der Waals surface area (Å²) in [7, 11) is 0. The maximum absolute atomic E-state index is 6.99. The Morgan fingerprint density at radius 2 is 0.489 bits per heavy atom. The van der Waals surface area contributed by atoms with E-state index in [-0.39, 0.29) is 0 Å². The Bertz CT molecular complexity index is 483. The van der Waals surface area contributed by atoms with Gasteiger partial charge >= 0.3 is 0 Å². The maximum Gasteiger partial charge on any atom is 0.0604 e. The molecule has 0 aliphatic carbocycles. The molecule has 4 atom stereocenters. The summed E-state index contributed by atoms with van der Waals surface area (Å²) in [4.78, 5) is 0. The molecule has 0 saturated carbocycles. The van der Waals surface area contributed by atoms with Crippen LogP contribution in [0.2, 0.25) is 0 Å². The highest BCUT2D eigenvalue weighted by Gasteiger charge is 2.24. The Kier molecular flexibility index (Phi) is 36.8. The standard InChI is InChI=1S/C44H90O/c1-7-11-13-15-17-19-21-23-25-27-29-31-33-35-37-39-43(41(5)9-3)45-44(42(6)10-4)40-38-36-34-32-30-28-26-24-22-20-18-16-14-12-8-2/h41-44H,7-40H2,1-6H3. The molecule has 0 fully saturated rings. The van der Waals surface area contributed by atoms with E-state index in [4.69, 9.17) is 4.74 Å². The van der Waals surface area contributed by atoms with Crippen molar-refractivity contribution in [1.29, 1.82) is 0 Å². The molecule has 0 aromatic heterocycles. The molecule has 0 N–H and O–H groups in total. The van der Waals surface area contributed by atoms with Crippen LogP contribution >= 0.6 is 0 Å². The van der Waals surface area contributed by atoms with Crippen LogP contribution in [0, 0.1) is 11.8 Å². The summed E-state index contributed by atoms with van der Waals surface area (Å²) >= 11 is 0. The second-order valence-corrected chi connectivity index (χ2v) is 15.5. The maximum atomic E-state index is 6.99. The quantitative estimate of drug-likeness (QED) is 0.0614. The SMILES string of the molecule is CCCCCCCCCCCCCCCCCC(OC(CCCCCCCCCCCCCCCCC)C(C)CC)C(C)CC. The van der Waals surface area contributed by atoms with Crippen molar-refractivity contribution in [3.8, 4) is 0 Å². The first-order valence-corrected chi connectivity index (χ1v) is 21.8. The number of unbranched alkanes of at least 4 members (excludes halogenated alkanes) is 28. The van der Waals surface area contributed by atoms with Gasteiger partial charge in [-0.2, -0.15) is 0 Å². The lowest BCUT2D eigenvalue weighted by atomic mass is 9.92. The van der Waals surface area contributed by atoms with E-state index in [1.54, 1.807) is 0 Å². The van der Waals surface area contributed by atoms with Crippen LogP contribution in [0.3, 0.4) is 0 Å². The van der Waals surface area contributed by atoms with Gasteiger partial charge in [-0.15, -0.1) is 0 Å². The lowest BCUT2D eigenvalue weighted by Crippen LogP contribution is -2.31. The van der Waals surface area contributed by atoms with Crippen LogP contribution in [0.4, 0.5) is 0 Å². The molecule has 0 heterocycles. The molecule has 45 heavy (non-hydrogen) atoms. The van der Waals surface area contributed by atoms with E-state index in [2.05, 4.69) is 41.5 Å². The molecule has 0 amide bonds. The molecule has 272 valence electrons. The van der Waals surface area contributed by atoms with Gasteiger partial charge in [-0.3, -0.25) is 0 Å². The fraction of sp³-hybridized carbons (Fsp3) is 1.00. The molecule has 1 nitrogen and oxygen atoms in total. The zero-order valence-corrected chi connectivity index (χ0v) is 32.8. The van der Waals surface area contributed by atoms with Crippen LogP contribution in [0.15, 0.2) is 0 Å². The van der Waals surface area contributed by atoms with E-state index in [9.17, 15) is 0 Å². The molecule has 0 spiro atoms. The molecule has 0 saturated heterocycles. The summed E-state index contributed by atoms with van der Waals surface area (Å²) in [6.45, 7) is 14.2. The van der Waals surface area contributed by atoms with Gasteiger partial charge in [0.2, 0.25) is 0 Å². The Labute approximate surface area is 288 Å². The van der Waals surface area contributed by atoms with Gasteiger partial charge in [0, 0.05) is 0 Å². The Morgan fingerprint density at radius 3 is 0.689 bits per heavy atom. The molecule has 0 aromatic carbocycles. The van der Waals surface area contributed by atoms with Crippen molar-refractivity contribution in [2.45, 2.75) is 272 Å². The van der Waals surface area contributed by atoms with E-state index in [1.165, 1.54) is 218 Å². The lowest BCUT2D eigenvalue weighted by molar-refractivity contribution is -0.0724. The zero-order valence-electron chi connectivity index (χ0n) is 32.8. The van der Waals surface area contributed by atoms with Crippen molar-refractivity contribution in [3.05, 3.63) is 0 Å². The van der Waals surface area contributed by atoms with Crippen molar-refractivity contribution in [2.24, 2.45) is 11.8 Å². The normalized spacial score (nSPS) is 14.5. The van der Waals surface area contributed by atoms with Crippen LogP contribution in [-0.2, 0) is 4.74 Å². The fourth-order valence-electron chi connectivity index (χ4n) is 7.16. The Balaban J connectivity index is 3.96. The van der Waals surface area contributed by atoms with E-state index in [0.717, 1.165) is 0 Å². The molecule has 4 unspecified atom stereocenters. The third-order valence-corrected chi connectivity index (χ3v) is 11.1. The first-order chi connectivity index (χ1) is 22.1. The third kappa shape index (κ3) is 31.0. The van der Waals surface area contributed by atoms with Crippen LogP contribution in [0.1, 0.15) is 260 Å². The topological polar surface area (TPSA) is 9.23 Å². The van der Waals surface area contributed by atoms with Gasteiger partial charge in [-0.05, 0) is 24.7 Å². The highest BCUT2D eigenvalue weighted by Crippen LogP contribution is 2.27.